The molecule has 0 saturated carbocycles. The van der Waals surface area contributed by atoms with Crippen LogP contribution in [0, 0.1) is 0 Å². The van der Waals surface area contributed by atoms with Gasteiger partial charge in [0.2, 0.25) is 0 Å². The van der Waals surface area contributed by atoms with Crippen molar-refractivity contribution in [3.05, 3.63) is 29.3 Å². The average molecular weight is 302 g/mol. The fourth-order valence-corrected chi connectivity index (χ4v) is 3.04. The summed E-state index contributed by atoms with van der Waals surface area (Å²) in [6.45, 7) is 1.90. The number of fused-ring (bicyclic) bond motifs is 1. The monoisotopic (exact) mass is 302 g/mol. The van der Waals surface area contributed by atoms with Gasteiger partial charge in [0, 0.05) is 24.7 Å². The van der Waals surface area contributed by atoms with Crippen LogP contribution in [0.2, 0.25) is 0 Å². The molecule has 0 bridgehead atoms. The van der Waals surface area contributed by atoms with Crippen molar-refractivity contribution >= 4 is 12.0 Å². The number of hydrogen-bond acceptors (Lipinski definition) is 4. The summed E-state index contributed by atoms with van der Waals surface area (Å²) < 4.78 is 11.1. The molecule has 2 aliphatic rings. The molecule has 2 heterocycles. The van der Waals surface area contributed by atoms with E-state index >= 15 is 0 Å². The lowest BCUT2D eigenvalue weighted by molar-refractivity contribution is -0.128. The minimum Gasteiger partial charge on any atom is -0.493 e. The standard InChI is InChI=1S/C17H22N2O3/c1-18-14-6-8-19(9-7-14)17(20)13-10-12-4-3-5-15(21-2)16(12)22-11-13/h3-5,10,14,18H,6-9,11H2,1-2H3. The van der Waals surface area contributed by atoms with E-state index in [4.69, 9.17) is 9.47 Å². The first-order chi connectivity index (χ1) is 10.7. The van der Waals surface area contributed by atoms with Crippen molar-refractivity contribution in [3.63, 3.8) is 0 Å². The average Bonchev–Trinajstić information content (AvgIpc) is 2.60. The molecule has 0 aromatic heterocycles. The van der Waals surface area contributed by atoms with E-state index < -0.39 is 0 Å². The number of likely N-dealkylation sites (tertiary alicyclic amines) is 1. The molecule has 1 aromatic rings. The molecule has 0 aliphatic carbocycles. The molecule has 1 aromatic carbocycles. The minimum absolute atomic E-state index is 0.0861. The zero-order chi connectivity index (χ0) is 15.5. The highest BCUT2D eigenvalue weighted by Crippen LogP contribution is 2.35. The van der Waals surface area contributed by atoms with Crippen molar-refractivity contribution < 1.29 is 14.3 Å². The normalized spacial score (nSPS) is 18.3. The SMILES string of the molecule is CNC1CCN(C(=O)C2=Cc3cccc(OC)c3OC2)CC1. The van der Waals surface area contributed by atoms with Gasteiger partial charge >= 0.3 is 0 Å². The van der Waals surface area contributed by atoms with Crippen molar-refractivity contribution in [3.8, 4) is 11.5 Å². The Morgan fingerprint density at radius 3 is 2.82 bits per heavy atom. The van der Waals surface area contributed by atoms with Crippen molar-refractivity contribution in [2.45, 2.75) is 18.9 Å². The summed E-state index contributed by atoms with van der Waals surface area (Å²) in [6.07, 6.45) is 3.93. The van der Waals surface area contributed by atoms with Crippen LogP contribution in [0.1, 0.15) is 18.4 Å². The summed E-state index contributed by atoms with van der Waals surface area (Å²) in [7, 11) is 3.60. The number of amides is 1. The maximum atomic E-state index is 12.6. The quantitative estimate of drug-likeness (QED) is 0.923. The minimum atomic E-state index is 0.0861. The number of nitrogens with zero attached hydrogens (tertiary/aromatic N) is 1. The molecule has 3 rings (SSSR count). The third-order valence-electron chi connectivity index (χ3n) is 4.40. The van der Waals surface area contributed by atoms with Crippen molar-refractivity contribution in [1.29, 1.82) is 0 Å². The number of ether oxygens (including phenoxy) is 2. The molecule has 2 aliphatic heterocycles. The van der Waals surface area contributed by atoms with Gasteiger partial charge in [0.25, 0.3) is 5.91 Å². The molecule has 1 saturated heterocycles. The van der Waals surface area contributed by atoms with Crippen LogP contribution in [0.4, 0.5) is 0 Å². The second-order valence-corrected chi connectivity index (χ2v) is 5.69. The van der Waals surface area contributed by atoms with Crippen LogP contribution in [0.15, 0.2) is 23.8 Å². The smallest absolute Gasteiger partial charge is 0.253 e. The Morgan fingerprint density at radius 2 is 2.14 bits per heavy atom. The number of carbonyl (C=O) groups excluding carboxylic acids is 1. The summed E-state index contributed by atoms with van der Waals surface area (Å²) >= 11 is 0. The largest absolute Gasteiger partial charge is 0.493 e. The number of hydrogen-bond donors (Lipinski definition) is 1. The predicted molar refractivity (Wildman–Crippen MR) is 85.1 cm³/mol. The number of carbonyl (C=O) groups is 1. The summed E-state index contributed by atoms with van der Waals surface area (Å²) in [4.78, 5) is 14.6. The lowest BCUT2D eigenvalue weighted by Gasteiger charge is -2.33. The van der Waals surface area contributed by atoms with Crippen LogP contribution in [-0.2, 0) is 4.79 Å². The van der Waals surface area contributed by atoms with E-state index in [0.717, 1.165) is 37.2 Å². The Morgan fingerprint density at radius 1 is 1.36 bits per heavy atom. The Balaban J connectivity index is 1.75. The number of rotatable bonds is 3. The zero-order valence-corrected chi connectivity index (χ0v) is 13.1. The Hall–Kier alpha value is -2.01. The van der Waals surface area contributed by atoms with E-state index in [1.807, 2.05) is 36.2 Å². The molecule has 0 unspecified atom stereocenters. The lowest BCUT2D eigenvalue weighted by atomic mass is 10.0. The molecule has 5 nitrogen and oxygen atoms in total. The van der Waals surface area contributed by atoms with Gasteiger partial charge in [-0.15, -0.1) is 0 Å². The van der Waals surface area contributed by atoms with Gasteiger partial charge in [0.1, 0.15) is 6.61 Å². The molecule has 1 fully saturated rings. The summed E-state index contributed by atoms with van der Waals surface area (Å²) in [5.41, 5.74) is 1.61. The van der Waals surface area contributed by atoms with E-state index in [0.29, 0.717) is 24.0 Å². The van der Waals surface area contributed by atoms with Gasteiger partial charge < -0.3 is 19.7 Å². The first-order valence-corrected chi connectivity index (χ1v) is 7.70. The van der Waals surface area contributed by atoms with Gasteiger partial charge in [0.15, 0.2) is 11.5 Å². The number of nitrogens with one attached hydrogen (secondary N) is 1. The van der Waals surface area contributed by atoms with Crippen molar-refractivity contribution in [1.82, 2.24) is 10.2 Å². The molecule has 5 heteroatoms. The maximum absolute atomic E-state index is 12.6. The molecule has 22 heavy (non-hydrogen) atoms. The third kappa shape index (κ3) is 2.81. The Kier molecular flexibility index (Phi) is 4.34. The van der Waals surface area contributed by atoms with E-state index in [1.165, 1.54) is 0 Å². The summed E-state index contributed by atoms with van der Waals surface area (Å²) in [6, 6.07) is 6.23. The van der Waals surface area contributed by atoms with Crippen LogP contribution >= 0.6 is 0 Å². The Labute approximate surface area is 130 Å². The topological polar surface area (TPSA) is 50.8 Å². The summed E-state index contributed by atoms with van der Waals surface area (Å²) in [5, 5.41) is 3.28. The molecular formula is C17H22N2O3. The molecule has 0 spiro atoms. The van der Waals surface area contributed by atoms with E-state index in [1.54, 1.807) is 7.11 Å². The van der Waals surface area contributed by atoms with E-state index in [-0.39, 0.29) is 5.91 Å². The van der Waals surface area contributed by atoms with Crippen LogP contribution in [0.3, 0.4) is 0 Å². The molecule has 0 atom stereocenters. The van der Waals surface area contributed by atoms with Gasteiger partial charge in [-0.25, -0.2) is 0 Å². The number of benzene rings is 1. The first-order valence-electron chi connectivity index (χ1n) is 7.70. The fourth-order valence-electron chi connectivity index (χ4n) is 3.04. The number of para-hydroxylation sites is 1. The molecule has 1 amide bonds. The third-order valence-corrected chi connectivity index (χ3v) is 4.40. The zero-order valence-electron chi connectivity index (χ0n) is 13.1. The van der Waals surface area contributed by atoms with Crippen molar-refractivity contribution in [2.75, 3.05) is 33.9 Å². The lowest BCUT2D eigenvalue weighted by Crippen LogP contribution is -2.45. The highest BCUT2D eigenvalue weighted by atomic mass is 16.5. The summed E-state index contributed by atoms with van der Waals surface area (Å²) in [5.74, 6) is 1.51. The molecule has 0 radical (unpaired) electrons. The number of methoxy groups -OCH3 is 1. The van der Waals surface area contributed by atoms with Crippen LogP contribution < -0.4 is 14.8 Å². The van der Waals surface area contributed by atoms with Crippen molar-refractivity contribution in [2.24, 2.45) is 0 Å². The maximum Gasteiger partial charge on any atom is 0.253 e. The molecular weight excluding hydrogens is 280 g/mol. The van der Waals surface area contributed by atoms with E-state index in [9.17, 15) is 4.79 Å². The van der Waals surface area contributed by atoms with Gasteiger partial charge in [-0.05, 0) is 32.0 Å². The van der Waals surface area contributed by atoms with Gasteiger partial charge in [-0.3, -0.25) is 4.79 Å². The van der Waals surface area contributed by atoms with Gasteiger partial charge in [-0.1, -0.05) is 12.1 Å². The van der Waals surface area contributed by atoms with Crippen LogP contribution in [-0.4, -0.2) is 50.7 Å². The number of piperidine rings is 1. The molecule has 1 N–H and O–H groups in total. The second kappa shape index (κ2) is 6.40. The Bertz CT molecular complexity index is 590. The van der Waals surface area contributed by atoms with Gasteiger partial charge in [-0.2, -0.15) is 0 Å². The van der Waals surface area contributed by atoms with Crippen LogP contribution in [0.5, 0.6) is 11.5 Å². The second-order valence-electron chi connectivity index (χ2n) is 5.69. The van der Waals surface area contributed by atoms with E-state index in [2.05, 4.69) is 5.32 Å². The predicted octanol–water partition coefficient (Wildman–Crippen LogP) is 1.68. The molecule has 118 valence electrons. The highest BCUT2D eigenvalue weighted by molar-refractivity contribution is 5.99. The fraction of sp³-hybridized carbons (Fsp3) is 0.471. The van der Waals surface area contributed by atoms with Crippen LogP contribution in [0.25, 0.3) is 6.08 Å². The van der Waals surface area contributed by atoms with Gasteiger partial charge in [0.05, 0.1) is 12.7 Å². The highest BCUT2D eigenvalue weighted by Gasteiger charge is 2.26. The first kappa shape index (κ1) is 14.9.